The summed E-state index contributed by atoms with van der Waals surface area (Å²) in [6.07, 6.45) is 30.4. The molecule has 0 aromatic heterocycles. The maximum atomic E-state index is 2.39. The molecule has 0 nitrogen and oxygen atoms in total. The number of rotatable bonds is 3. The third-order valence-electron chi connectivity index (χ3n) is 7.14. The van der Waals surface area contributed by atoms with Crippen molar-refractivity contribution in [3.63, 3.8) is 0 Å². The molecule has 0 aromatic carbocycles. The summed E-state index contributed by atoms with van der Waals surface area (Å²) in [4.78, 5) is 0. The molecule has 0 spiro atoms. The van der Waals surface area contributed by atoms with Crippen LogP contribution in [0.25, 0.3) is 0 Å². The van der Waals surface area contributed by atoms with E-state index in [1.54, 1.807) is 25.7 Å². The van der Waals surface area contributed by atoms with Crippen molar-refractivity contribution in [1.82, 2.24) is 0 Å². The van der Waals surface area contributed by atoms with Gasteiger partial charge in [-0.3, -0.25) is 0 Å². The van der Waals surface area contributed by atoms with Gasteiger partial charge in [-0.15, -0.1) is 0 Å². The molecule has 0 saturated heterocycles. The molecule has 0 heteroatoms. The zero-order valence-corrected chi connectivity index (χ0v) is 16.9. The molecule has 2 saturated carbocycles. The Morgan fingerprint density at radius 2 is 0.833 bits per heavy atom. The monoisotopic (exact) mass is 334 g/mol. The van der Waals surface area contributed by atoms with Gasteiger partial charge in [-0.2, -0.15) is 0 Å². The predicted molar refractivity (Wildman–Crippen MR) is 108 cm³/mol. The summed E-state index contributed by atoms with van der Waals surface area (Å²) in [5.41, 5.74) is 0. The fraction of sp³-hybridized carbons (Fsp3) is 1.00. The fourth-order valence-electron chi connectivity index (χ4n) is 5.63. The first kappa shape index (κ1) is 20.3. The standard InChI is InChI=1S/C24H46/c1-2-15-22-16-10-7-5-3-4-6-8-11-18-24(21-14-17-22)23-19-12-9-13-20-23/h22-24H,2-21H2,1H3. The quantitative estimate of drug-likeness (QED) is 0.484. The highest BCUT2D eigenvalue weighted by Crippen LogP contribution is 2.36. The van der Waals surface area contributed by atoms with Crippen LogP contribution in [0.3, 0.4) is 0 Å². The van der Waals surface area contributed by atoms with Gasteiger partial charge in [0.05, 0.1) is 0 Å². The van der Waals surface area contributed by atoms with Crippen LogP contribution in [-0.4, -0.2) is 0 Å². The van der Waals surface area contributed by atoms with Crippen LogP contribution in [0.2, 0.25) is 0 Å². The Labute approximate surface area is 153 Å². The van der Waals surface area contributed by atoms with Gasteiger partial charge in [0.1, 0.15) is 0 Å². The van der Waals surface area contributed by atoms with Crippen molar-refractivity contribution >= 4 is 0 Å². The third-order valence-corrected chi connectivity index (χ3v) is 7.14. The summed E-state index contributed by atoms with van der Waals surface area (Å²) in [5.74, 6) is 3.23. The van der Waals surface area contributed by atoms with Crippen molar-refractivity contribution in [3.8, 4) is 0 Å². The SMILES string of the molecule is CCCC1CCCCCCCCCCC(C2CCCCC2)CCC1. The van der Waals surface area contributed by atoms with E-state index in [0.29, 0.717) is 0 Å². The van der Waals surface area contributed by atoms with Crippen LogP contribution >= 0.6 is 0 Å². The Bertz CT molecular complexity index is 276. The molecule has 0 radical (unpaired) electrons. The van der Waals surface area contributed by atoms with E-state index in [4.69, 9.17) is 0 Å². The van der Waals surface area contributed by atoms with E-state index in [1.165, 1.54) is 103 Å². The first-order chi connectivity index (χ1) is 11.9. The average molecular weight is 335 g/mol. The Hall–Kier alpha value is 0. The summed E-state index contributed by atoms with van der Waals surface area (Å²) in [5, 5.41) is 0. The smallest absolute Gasteiger partial charge is 0.0386 e. The van der Waals surface area contributed by atoms with Crippen molar-refractivity contribution in [1.29, 1.82) is 0 Å². The molecule has 2 rings (SSSR count). The molecule has 142 valence electrons. The van der Waals surface area contributed by atoms with Crippen molar-refractivity contribution in [2.45, 2.75) is 135 Å². The molecule has 2 aliphatic carbocycles. The molecule has 0 aliphatic heterocycles. The predicted octanol–water partition coefficient (Wildman–Crippen LogP) is 8.68. The van der Waals surface area contributed by atoms with Crippen LogP contribution in [0.4, 0.5) is 0 Å². The lowest BCUT2D eigenvalue weighted by atomic mass is 9.75. The minimum Gasteiger partial charge on any atom is -0.0654 e. The Kier molecular flexibility index (Phi) is 11.2. The van der Waals surface area contributed by atoms with Gasteiger partial charge >= 0.3 is 0 Å². The van der Waals surface area contributed by atoms with Crippen LogP contribution in [0, 0.1) is 17.8 Å². The van der Waals surface area contributed by atoms with E-state index < -0.39 is 0 Å². The zero-order chi connectivity index (χ0) is 16.9. The van der Waals surface area contributed by atoms with Crippen LogP contribution in [-0.2, 0) is 0 Å². The van der Waals surface area contributed by atoms with Gasteiger partial charge < -0.3 is 0 Å². The topological polar surface area (TPSA) is 0 Å². The van der Waals surface area contributed by atoms with Crippen LogP contribution in [0.5, 0.6) is 0 Å². The van der Waals surface area contributed by atoms with Crippen molar-refractivity contribution < 1.29 is 0 Å². The van der Waals surface area contributed by atoms with Crippen LogP contribution in [0.1, 0.15) is 135 Å². The van der Waals surface area contributed by atoms with Crippen LogP contribution in [0.15, 0.2) is 0 Å². The van der Waals surface area contributed by atoms with E-state index >= 15 is 0 Å². The first-order valence-electron chi connectivity index (χ1n) is 11.9. The second kappa shape index (κ2) is 13.2. The van der Waals surface area contributed by atoms with Gasteiger partial charge in [0.25, 0.3) is 0 Å². The van der Waals surface area contributed by atoms with Gasteiger partial charge in [0, 0.05) is 0 Å². The van der Waals surface area contributed by atoms with E-state index in [9.17, 15) is 0 Å². The highest BCUT2D eigenvalue weighted by Gasteiger charge is 2.23. The first-order valence-corrected chi connectivity index (χ1v) is 11.9. The van der Waals surface area contributed by atoms with Crippen molar-refractivity contribution in [3.05, 3.63) is 0 Å². The normalized spacial score (nSPS) is 30.4. The molecule has 24 heavy (non-hydrogen) atoms. The second-order valence-electron chi connectivity index (χ2n) is 9.15. The summed E-state index contributed by atoms with van der Waals surface area (Å²) in [6, 6.07) is 0. The maximum absolute atomic E-state index is 2.39. The Morgan fingerprint density at radius 3 is 1.38 bits per heavy atom. The summed E-state index contributed by atoms with van der Waals surface area (Å²) in [6.45, 7) is 2.39. The minimum absolute atomic E-state index is 1.05. The minimum atomic E-state index is 1.05. The average Bonchev–Trinajstić information content (AvgIpc) is 2.62. The molecule has 2 unspecified atom stereocenters. The van der Waals surface area contributed by atoms with Gasteiger partial charge in [-0.1, -0.05) is 135 Å². The summed E-state index contributed by atoms with van der Waals surface area (Å²) in [7, 11) is 0. The lowest BCUT2D eigenvalue weighted by Crippen LogP contribution is -2.18. The molecule has 0 amide bonds. The maximum Gasteiger partial charge on any atom is -0.0386 e. The van der Waals surface area contributed by atoms with E-state index in [1.807, 2.05) is 0 Å². The highest BCUT2D eigenvalue weighted by molar-refractivity contribution is 4.75. The van der Waals surface area contributed by atoms with Crippen molar-refractivity contribution in [2.75, 3.05) is 0 Å². The largest absolute Gasteiger partial charge is 0.0654 e. The second-order valence-corrected chi connectivity index (χ2v) is 9.15. The molecule has 2 atom stereocenters. The molecule has 2 fully saturated rings. The van der Waals surface area contributed by atoms with Gasteiger partial charge in [0.2, 0.25) is 0 Å². The van der Waals surface area contributed by atoms with Crippen molar-refractivity contribution in [2.24, 2.45) is 17.8 Å². The lowest BCUT2D eigenvalue weighted by Gasteiger charge is -2.31. The van der Waals surface area contributed by atoms with E-state index in [0.717, 1.165) is 17.8 Å². The molecular weight excluding hydrogens is 288 g/mol. The summed E-state index contributed by atoms with van der Waals surface area (Å²) >= 11 is 0. The molecule has 0 heterocycles. The molecule has 0 bridgehead atoms. The zero-order valence-electron chi connectivity index (χ0n) is 16.9. The Morgan fingerprint density at radius 1 is 0.458 bits per heavy atom. The van der Waals surface area contributed by atoms with Crippen LogP contribution < -0.4 is 0 Å². The fourth-order valence-corrected chi connectivity index (χ4v) is 5.63. The highest BCUT2D eigenvalue weighted by atomic mass is 14.3. The van der Waals surface area contributed by atoms with Gasteiger partial charge in [-0.25, -0.2) is 0 Å². The lowest BCUT2D eigenvalue weighted by molar-refractivity contribution is 0.210. The number of hydrogen-bond acceptors (Lipinski definition) is 0. The molecule has 0 N–H and O–H groups in total. The summed E-state index contributed by atoms with van der Waals surface area (Å²) < 4.78 is 0. The van der Waals surface area contributed by atoms with Gasteiger partial charge in [0.15, 0.2) is 0 Å². The molecule has 0 aromatic rings. The van der Waals surface area contributed by atoms with E-state index in [2.05, 4.69) is 6.92 Å². The van der Waals surface area contributed by atoms with Gasteiger partial charge in [-0.05, 0) is 17.8 Å². The third kappa shape index (κ3) is 8.39. The van der Waals surface area contributed by atoms with E-state index in [-0.39, 0.29) is 0 Å². The molecule has 2 aliphatic rings. The Balaban J connectivity index is 1.83. The molecular formula is C24H46. The number of hydrogen-bond donors (Lipinski definition) is 0.